The van der Waals surface area contributed by atoms with Gasteiger partial charge in [-0.05, 0) is 12.5 Å². The van der Waals surface area contributed by atoms with Gasteiger partial charge in [0, 0.05) is 11.6 Å². The summed E-state index contributed by atoms with van der Waals surface area (Å²) in [6.07, 6.45) is 2.06. The molecular weight excluding hydrogens is 203 g/mol. The lowest BCUT2D eigenvalue weighted by Gasteiger charge is -2.06. The lowest BCUT2D eigenvalue weighted by Crippen LogP contribution is -1.97. The van der Waals surface area contributed by atoms with Crippen LogP contribution in [-0.4, -0.2) is 6.61 Å². The summed E-state index contributed by atoms with van der Waals surface area (Å²) in [5.41, 5.74) is 0.509. The first kappa shape index (κ1) is 11.3. The fraction of sp³-hybridized carbons (Fsp3) is 0.455. The van der Waals surface area contributed by atoms with Crippen molar-refractivity contribution in [2.24, 2.45) is 0 Å². The van der Waals surface area contributed by atoms with E-state index in [-0.39, 0.29) is 11.7 Å². The van der Waals surface area contributed by atoms with E-state index in [0.717, 1.165) is 12.8 Å². The van der Waals surface area contributed by atoms with Crippen LogP contribution in [0.5, 0.6) is 5.75 Å². The molecule has 3 heteroatoms. The molecule has 0 saturated carbocycles. The number of halogens is 2. The van der Waals surface area contributed by atoms with E-state index in [1.54, 1.807) is 12.1 Å². The predicted octanol–water partition coefficient (Wildman–Crippen LogP) is 3.74. The maximum atomic E-state index is 13.2. The second-order valence-electron chi connectivity index (χ2n) is 3.09. The number of hydrogen-bond acceptors (Lipinski definition) is 1. The fourth-order valence-electron chi connectivity index (χ4n) is 1.06. The van der Waals surface area contributed by atoms with E-state index in [0.29, 0.717) is 17.9 Å². The average molecular weight is 217 g/mol. The van der Waals surface area contributed by atoms with Crippen molar-refractivity contribution in [3.63, 3.8) is 0 Å². The van der Waals surface area contributed by atoms with Gasteiger partial charge in [-0.15, -0.1) is 11.6 Å². The quantitative estimate of drug-likeness (QED) is 0.538. The Kier molecular flexibility index (Phi) is 4.74. The molecule has 0 fully saturated rings. The van der Waals surface area contributed by atoms with Gasteiger partial charge in [0.2, 0.25) is 0 Å². The van der Waals surface area contributed by atoms with E-state index in [9.17, 15) is 4.39 Å². The molecule has 0 amide bonds. The first-order valence-electron chi connectivity index (χ1n) is 4.75. The van der Waals surface area contributed by atoms with Gasteiger partial charge in [0.1, 0.15) is 11.6 Å². The number of hydrogen-bond donors (Lipinski definition) is 0. The number of alkyl halides is 1. The van der Waals surface area contributed by atoms with Crippen LogP contribution in [0.3, 0.4) is 0 Å². The van der Waals surface area contributed by atoms with Crippen molar-refractivity contribution in [3.05, 3.63) is 29.6 Å². The second-order valence-corrected chi connectivity index (χ2v) is 3.36. The summed E-state index contributed by atoms with van der Waals surface area (Å²) >= 11 is 5.53. The van der Waals surface area contributed by atoms with E-state index in [4.69, 9.17) is 16.3 Å². The van der Waals surface area contributed by atoms with Crippen LogP contribution in [0.15, 0.2) is 18.2 Å². The van der Waals surface area contributed by atoms with E-state index >= 15 is 0 Å². The van der Waals surface area contributed by atoms with Gasteiger partial charge in [-0.1, -0.05) is 19.4 Å². The highest BCUT2D eigenvalue weighted by molar-refractivity contribution is 6.17. The van der Waals surface area contributed by atoms with E-state index in [2.05, 4.69) is 6.92 Å². The molecule has 0 bridgehead atoms. The monoisotopic (exact) mass is 216 g/mol. The summed E-state index contributed by atoms with van der Waals surface area (Å²) in [4.78, 5) is 0. The predicted molar refractivity (Wildman–Crippen MR) is 56.4 cm³/mol. The third kappa shape index (κ3) is 3.18. The molecule has 1 rings (SSSR count). The van der Waals surface area contributed by atoms with E-state index in [1.165, 1.54) is 6.07 Å². The van der Waals surface area contributed by atoms with Gasteiger partial charge in [-0.2, -0.15) is 0 Å². The topological polar surface area (TPSA) is 9.23 Å². The zero-order chi connectivity index (χ0) is 10.4. The van der Waals surface area contributed by atoms with Crippen molar-refractivity contribution in [3.8, 4) is 5.75 Å². The Bertz CT molecular complexity index is 289. The summed E-state index contributed by atoms with van der Waals surface area (Å²) in [6, 6.07) is 4.79. The molecule has 0 atom stereocenters. The summed E-state index contributed by atoms with van der Waals surface area (Å²) < 4.78 is 18.5. The zero-order valence-electron chi connectivity index (χ0n) is 8.22. The molecule has 0 aliphatic rings. The standard InChI is InChI=1S/C11H14ClFO/c1-2-3-6-14-10-5-4-9(8-12)11(13)7-10/h4-5,7H,2-3,6,8H2,1H3. The summed E-state index contributed by atoms with van der Waals surface area (Å²) in [5, 5.41) is 0. The summed E-state index contributed by atoms with van der Waals surface area (Å²) in [6.45, 7) is 2.72. The Balaban J connectivity index is 2.57. The first-order valence-corrected chi connectivity index (χ1v) is 5.28. The van der Waals surface area contributed by atoms with Crippen LogP contribution in [0.25, 0.3) is 0 Å². The normalized spacial score (nSPS) is 10.2. The third-order valence-corrected chi connectivity index (χ3v) is 2.22. The first-order chi connectivity index (χ1) is 6.77. The van der Waals surface area contributed by atoms with Gasteiger partial charge >= 0.3 is 0 Å². The molecule has 1 nitrogen and oxygen atoms in total. The van der Waals surface area contributed by atoms with Crippen LogP contribution in [0, 0.1) is 5.82 Å². The molecule has 1 aromatic rings. The van der Waals surface area contributed by atoms with Crippen molar-refractivity contribution < 1.29 is 9.13 Å². The maximum absolute atomic E-state index is 13.2. The van der Waals surface area contributed by atoms with Crippen molar-refractivity contribution in [1.29, 1.82) is 0 Å². The van der Waals surface area contributed by atoms with Gasteiger partial charge in [0.05, 0.1) is 12.5 Å². The third-order valence-electron chi connectivity index (χ3n) is 1.94. The molecule has 0 heterocycles. The van der Waals surface area contributed by atoms with Gasteiger partial charge in [-0.3, -0.25) is 0 Å². The van der Waals surface area contributed by atoms with Crippen molar-refractivity contribution in [2.45, 2.75) is 25.6 Å². The van der Waals surface area contributed by atoms with Crippen LogP contribution in [0.2, 0.25) is 0 Å². The zero-order valence-corrected chi connectivity index (χ0v) is 8.98. The van der Waals surface area contributed by atoms with Gasteiger partial charge < -0.3 is 4.74 Å². The molecule has 0 spiro atoms. The summed E-state index contributed by atoms with van der Waals surface area (Å²) in [7, 11) is 0. The summed E-state index contributed by atoms with van der Waals surface area (Å²) in [5.74, 6) is 0.472. The Labute approximate surface area is 88.8 Å². The number of benzene rings is 1. The molecule has 0 aliphatic carbocycles. The second kappa shape index (κ2) is 5.86. The van der Waals surface area contributed by atoms with Gasteiger partial charge in [-0.25, -0.2) is 4.39 Å². The minimum atomic E-state index is -0.297. The Morgan fingerprint density at radius 1 is 1.43 bits per heavy atom. The van der Waals surface area contributed by atoms with Crippen molar-refractivity contribution >= 4 is 11.6 Å². The average Bonchev–Trinajstić information content (AvgIpc) is 2.18. The molecule has 0 unspecified atom stereocenters. The molecule has 0 saturated heterocycles. The number of rotatable bonds is 5. The van der Waals surface area contributed by atoms with Gasteiger partial charge in [0.25, 0.3) is 0 Å². The highest BCUT2D eigenvalue weighted by Gasteiger charge is 2.02. The highest BCUT2D eigenvalue weighted by atomic mass is 35.5. The van der Waals surface area contributed by atoms with Gasteiger partial charge in [0.15, 0.2) is 0 Å². The van der Waals surface area contributed by atoms with Crippen LogP contribution in [0.4, 0.5) is 4.39 Å². The lowest BCUT2D eigenvalue weighted by atomic mass is 10.2. The van der Waals surface area contributed by atoms with Crippen molar-refractivity contribution in [1.82, 2.24) is 0 Å². The van der Waals surface area contributed by atoms with Crippen molar-refractivity contribution in [2.75, 3.05) is 6.61 Å². The van der Waals surface area contributed by atoms with Crippen LogP contribution in [0.1, 0.15) is 25.3 Å². The largest absolute Gasteiger partial charge is 0.493 e. The molecule has 0 aliphatic heterocycles. The van der Waals surface area contributed by atoms with Crippen LogP contribution < -0.4 is 4.74 Å². The molecule has 0 radical (unpaired) electrons. The molecule has 0 aromatic heterocycles. The van der Waals surface area contributed by atoms with Crippen LogP contribution >= 0.6 is 11.6 Å². The molecule has 0 N–H and O–H groups in total. The Hall–Kier alpha value is -0.760. The molecule has 1 aromatic carbocycles. The fourth-order valence-corrected chi connectivity index (χ4v) is 1.28. The molecule has 14 heavy (non-hydrogen) atoms. The molecule has 78 valence electrons. The lowest BCUT2D eigenvalue weighted by molar-refractivity contribution is 0.307. The van der Waals surface area contributed by atoms with E-state index in [1.807, 2.05) is 0 Å². The minimum absolute atomic E-state index is 0.196. The Morgan fingerprint density at radius 2 is 2.21 bits per heavy atom. The van der Waals surface area contributed by atoms with E-state index < -0.39 is 0 Å². The SMILES string of the molecule is CCCCOc1ccc(CCl)c(F)c1. The Morgan fingerprint density at radius 3 is 2.79 bits per heavy atom. The smallest absolute Gasteiger partial charge is 0.131 e. The minimum Gasteiger partial charge on any atom is -0.493 e. The van der Waals surface area contributed by atoms with Crippen LogP contribution in [-0.2, 0) is 5.88 Å². The number of unbranched alkanes of at least 4 members (excludes halogenated alkanes) is 1. The maximum Gasteiger partial charge on any atom is 0.131 e. The highest BCUT2D eigenvalue weighted by Crippen LogP contribution is 2.18. The molecular formula is C11H14ClFO. The number of ether oxygens (including phenoxy) is 1.